The minimum absolute atomic E-state index is 0.0332. The predicted octanol–water partition coefficient (Wildman–Crippen LogP) is 5.35. The van der Waals surface area contributed by atoms with Crippen molar-refractivity contribution >= 4 is 50.5 Å². The molecule has 40 heavy (non-hydrogen) atoms. The second kappa shape index (κ2) is 9.91. The summed E-state index contributed by atoms with van der Waals surface area (Å²) >= 11 is 12.5. The number of rotatable bonds is 7. The molecule has 1 aromatic heterocycles. The van der Waals surface area contributed by atoms with Gasteiger partial charge in [0.1, 0.15) is 0 Å². The minimum Gasteiger partial charge on any atom is -0.383 e. The second-order valence-electron chi connectivity index (χ2n) is 10.7. The largest absolute Gasteiger partial charge is 0.383 e. The Bertz CT molecular complexity index is 1650. The quantitative estimate of drug-likeness (QED) is 0.368. The van der Waals surface area contributed by atoms with E-state index in [2.05, 4.69) is 4.98 Å². The Morgan fingerprint density at radius 1 is 1.15 bits per heavy atom. The fourth-order valence-corrected chi connectivity index (χ4v) is 8.63. The number of aromatic nitrogens is 1. The number of nitrogens with zero attached hydrogens (tertiary/aromatic N) is 2. The molecule has 2 bridgehead atoms. The molecule has 4 heterocycles. The van der Waals surface area contributed by atoms with Gasteiger partial charge in [0, 0.05) is 46.3 Å². The van der Waals surface area contributed by atoms with E-state index in [4.69, 9.17) is 27.9 Å². The summed E-state index contributed by atoms with van der Waals surface area (Å²) in [6.45, 7) is 4.97. The van der Waals surface area contributed by atoms with Crippen LogP contribution in [0, 0.1) is 13.8 Å². The number of likely N-dealkylation sites (tertiary alicyclic amines) is 1. The Hall–Kier alpha value is -2.85. The number of nitrogens with one attached hydrogen (secondary N) is 1. The number of H-pyrrole nitrogens is 1. The van der Waals surface area contributed by atoms with E-state index in [0.717, 1.165) is 29.8 Å². The Balaban J connectivity index is 1.31. The standard InChI is InChI=1S/C29H29Cl2N3O5S/c1-15-24(28(35)33-11-5-6-17(33)13-39-3)16(2)32-26(15)27-25-19-12-18(9-10-23(19)34(27)29(25)36)40(37,38)14-20-21(30)7-4-8-22(20)31/h4,7-10,12,17,25,27,32H,5-6,11,13-14H2,1-3H3. The number of amides is 2. The molecule has 3 atom stereocenters. The van der Waals surface area contributed by atoms with E-state index in [1.807, 2.05) is 18.7 Å². The molecular formula is C29H29Cl2N3O5S. The molecule has 3 unspecified atom stereocenters. The van der Waals surface area contributed by atoms with E-state index < -0.39 is 15.8 Å². The van der Waals surface area contributed by atoms with Crippen LogP contribution in [0.1, 0.15) is 63.2 Å². The molecule has 11 heteroatoms. The van der Waals surface area contributed by atoms with Gasteiger partial charge in [-0.2, -0.15) is 0 Å². The number of fused-ring (bicyclic) bond motifs is 5. The van der Waals surface area contributed by atoms with Gasteiger partial charge < -0.3 is 19.5 Å². The number of halogens is 2. The van der Waals surface area contributed by atoms with Crippen molar-refractivity contribution < 1.29 is 22.7 Å². The molecule has 3 aromatic rings. The van der Waals surface area contributed by atoms with E-state index >= 15 is 0 Å². The Kier molecular flexibility index (Phi) is 6.77. The minimum atomic E-state index is -3.79. The van der Waals surface area contributed by atoms with Crippen LogP contribution in [-0.2, 0) is 25.1 Å². The maximum atomic E-state index is 13.6. The summed E-state index contributed by atoms with van der Waals surface area (Å²) in [6.07, 6.45) is 1.84. The van der Waals surface area contributed by atoms with E-state index in [0.29, 0.717) is 35.5 Å². The smallest absolute Gasteiger partial charge is 0.256 e. The lowest BCUT2D eigenvalue weighted by Gasteiger charge is -2.38. The number of hydrogen-bond acceptors (Lipinski definition) is 5. The summed E-state index contributed by atoms with van der Waals surface area (Å²) < 4.78 is 32.1. The number of benzene rings is 2. The molecule has 2 fully saturated rings. The number of β-lactam (4-membered cyclic amide) rings is 1. The van der Waals surface area contributed by atoms with Crippen LogP contribution in [0.25, 0.3) is 0 Å². The van der Waals surface area contributed by atoms with Crippen molar-refractivity contribution in [2.45, 2.75) is 55.3 Å². The summed E-state index contributed by atoms with van der Waals surface area (Å²) in [4.78, 5) is 33.8. The van der Waals surface area contributed by atoms with Crippen molar-refractivity contribution in [3.63, 3.8) is 0 Å². The molecule has 2 saturated heterocycles. The van der Waals surface area contributed by atoms with Crippen LogP contribution in [-0.4, -0.2) is 56.4 Å². The van der Waals surface area contributed by atoms with Gasteiger partial charge in [0.2, 0.25) is 5.91 Å². The highest BCUT2D eigenvalue weighted by Gasteiger charge is 2.58. The van der Waals surface area contributed by atoms with Gasteiger partial charge in [-0.3, -0.25) is 9.59 Å². The second-order valence-corrected chi connectivity index (χ2v) is 13.5. The maximum Gasteiger partial charge on any atom is 0.256 e. The van der Waals surface area contributed by atoms with Crippen LogP contribution in [0.15, 0.2) is 41.3 Å². The van der Waals surface area contributed by atoms with Gasteiger partial charge in [-0.1, -0.05) is 29.3 Å². The van der Waals surface area contributed by atoms with Crippen molar-refractivity contribution in [1.29, 1.82) is 0 Å². The van der Waals surface area contributed by atoms with Crippen molar-refractivity contribution in [2.75, 3.05) is 25.2 Å². The Morgan fingerprint density at radius 3 is 2.58 bits per heavy atom. The van der Waals surface area contributed by atoms with Crippen LogP contribution in [0.3, 0.4) is 0 Å². The van der Waals surface area contributed by atoms with Crippen molar-refractivity contribution in [3.8, 4) is 0 Å². The molecule has 2 amide bonds. The fourth-order valence-electron chi connectivity index (χ4n) is 6.50. The molecule has 8 nitrogen and oxygen atoms in total. The molecule has 3 aliphatic rings. The highest BCUT2D eigenvalue weighted by Crippen LogP contribution is 2.59. The number of sulfone groups is 1. The molecule has 0 aliphatic carbocycles. The van der Waals surface area contributed by atoms with Gasteiger partial charge >= 0.3 is 0 Å². The monoisotopic (exact) mass is 601 g/mol. The van der Waals surface area contributed by atoms with Gasteiger partial charge in [-0.05, 0) is 68.1 Å². The number of aryl methyl sites for hydroxylation is 1. The van der Waals surface area contributed by atoms with Gasteiger partial charge in [0.25, 0.3) is 5.91 Å². The highest BCUT2D eigenvalue weighted by molar-refractivity contribution is 7.90. The lowest BCUT2D eigenvalue weighted by Crippen LogP contribution is -2.47. The van der Waals surface area contributed by atoms with Crippen LogP contribution < -0.4 is 4.90 Å². The zero-order valence-corrected chi connectivity index (χ0v) is 24.7. The third-order valence-corrected chi connectivity index (χ3v) is 10.8. The third-order valence-electron chi connectivity index (χ3n) is 8.43. The van der Waals surface area contributed by atoms with Crippen molar-refractivity contribution in [2.24, 2.45) is 0 Å². The van der Waals surface area contributed by atoms with Crippen LogP contribution in [0.2, 0.25) is 10.0 Å². The Labute approximate surface area is 243 Å². The summed E-state index contributed by atoms with van der Waals surface area (Å²) in [5, 5.41) is 0.567. The SMILES string of the molecule is COCC1CCCN1C(=O)c1c(C)[nH]c(C2C3C(=O)N2c2ccc(S(=O)(=O)Cc4c(Cl)cccc4Cl)cc23)c1C. The highest BCUT2D eigenvalue weighted by atomic mass is 35.5. The summed E-state index contributed by atoms with van der Waals surface area (Å²) in [5.41, 5.74) is 4.69. The topological polar surface area (TPSA) is 99.8 Å². The molecule has 0 spiro atoms. The molecule has 210 valence electrons. The first-order valence-corrected chi connectivity index (χ1v) is 15.6. The lowest BCUT2D eigenvalue weighted by atomic mass is 9.85. The molecule has 1 N–H and O–H groups in total. The number of ether oxygens (including phenoxy) is 1. The predicted molar refractivity (Wildman–Crippen MR) is 153 cm³/mol. The molecule has 0 radical (unpaired) electrons. The van der Waals surface area contributed by atoms with E-state index in [-0.39, 0.29) is 44.6 Å². The van der Waals surface area contributed by atoms with E-state index in [1.54, 1.807) is 42.3 Å². The number of carbonyl (C=O) groups is 2. The lowest BCUT2D eigenvalue weighted by molar-refractivity contribution is -0.125. The van der Waals surface area contributed by atoms with Gasteiger partial charge in [0.15, 0.2) is 9.84 Å². The van der Waals surface area contributed by atoms with Gasteiger partial charge in [-0.15, -0.1) is 0 Å². The van der Waals surface area contributed by atoms with Gasteiger partial charge in [-0.25, -0.2) is 8.42 Å². The normalized spacial score (nSPS) is 21.6. The Morgan fingerprint density at radius 2 is 1.88 bits per heavy atom. The molecule has 2 aromatic carbocycles. The summed E-state index contributed by atoms with van der Waals surface area (Å²) in [7, 11) is -2.15. The van der Waals surface area contributed by atoms with Crippen LogP contribution >= 0.6 is 23.2 Å². The molecular weight excluding hydrogens is 573 g/mol. The summed E-state index contributed by atoms with van der Waals surface area (Å²) in [5.74, 6) is -0.990. The summed E-state index contributed by atoms with van der Waals surface area (Å²) in [6, 6.07) is 9.39. The van der Waals surface area contributed by atoms with Crippen LogP contribution in [0.4, 0.5) is 5.69 Å². The fraction of sp³-hybridized carbons (Fsp3) is 0.379. The van der Waals surface area contributed by atoms with Crippen molar-refractivity contribution in [1.82, 2.24) is 9.88 Å². The third kappa shape index (κ3) is 4.09. The van der Waals surface area contributed by atoms with Crippen molar-refractivity contribution in [3.05, 3.63) is 80.1 Å². The zero-order valence-electron chi connectivity index (χ0n) is 22.3. The van der Waals surface area contributed by atoms with E-state index in [1.165, 1.54) is 6.07 Å². The average Bonchev–Trinajstić information content (AvgIpc) is 3.64. The first-order chi connectivity index (χ1) is 19.0. The molecule has 3 aliphatic heterocycles. The van der Waals surface area contributed by atoms with E-state index in [9.17, 15) is 18.0 Å². The number of hydrogen-bond donors (Lipinski definition) is 1. The number of anilines is 1. The molecule has 6 rings (SSSR count). The number of aromatic amines is 1. The number of carbonyl (C=O) groups excluding carboxylic acids is 2. The number of methoxy groups -OCH3 is 1. The maximum absolute atomic E-state index is 13.6. The van der Waals surface area contributed by atoms with Gasteiger partial charge in [0.05, 0.1) is 40.8 Å². The zero-order chi connectivity index (χ0) is 28.5. The first-order valence-electron chi connectivity index (χ1n) is 13.2. The first kappa shape index (κ1) is 27.3. The average molecular weight is 603 g/mol. The molecule has 0 saturated carbocycles. The van der Waals surface area contributed by atoms with Crippen LogP contribution in [0.5, 0.6) is 0 Å².